The summed E-state index contributed by atoms with van der Waals surface area (Å²) in [5, 5.41) is 0.402. The molecular formula is C26H25N3O5. The number of aryl methyl sites for hydroxylation is 1. The van der Waals surface area contributed by atoms with Crippen LogP contribution in [0.25, 0.3) is 10.9 Å². The summed E-state index contributed by atoms with van der Waals surface area (Å²) in [5.74, 6) is 1.66. The van der Waals surface area contributed by atoms with E-state index in [-0.39, 0.29) is 18.6 Å². The predicted octanol–water partition coefficient (Wildman–Crippen LogP) is 3.46. The molecule has 0 spiro atoms. The highest BCUT2D eigenvalue weighted by molar-refractivity contribution is 5.86. The number of ether oxygens (including phenoxy) is 3. The Labute approximate surface area is 196 Å². The molecule has 0 saturated heterocycles. The van der Waals surface area contributed by atoms with Crippen LogP contribution in [0.4, 0.5) is 0 Å². The first-order valence-electron chi connectivity index (χ1n) is 10.7. The Kier molecular flexibility index (Phi) is 6.77. The highest BCUT2D eigenvalue weighted by atomic mass is 16.5. The van der Waals surface area contributed by atoms with Crippen LogP contribution in [0, 0.1) is 6.92 Å². The van der Waals surface area contributed by atoms with Crippen LogP contribution in [0.15, 0.2) is 71.5 Å². The Bertz CT molecular complexity index is 1400. The molecule has 0 unspecified atom stereocenters. The van der Waals surface area contributed by atoms with E-state index in [2.05, 4.69) is 10.4 Å². The number of fused-ring (bicyclic) bond motifs is 1. The van der Waals surface area contributed by atoms with Crippen molar-refractivity contribution in [3.8, 4) is 17.2 Å². The normalized spacial score (nSPS) is 10.7. The molecule has 4 aromatic rings. The fourth-order valence-electron chi connectivity index (χ4n) is 3.60. The Balaban J connectivity index is 1.65. The second-order valence-corrected chi connectivity index (χ2v) is 7.64. The SMILES string of the molecule is COc1ccc(Cc2nc3ccccc3c(=O)n2NC(=O)COc2ccccc2C)cc1OC. The molecule has 0 atom stereocenters. The van der Waals surface area contributed by atoms with Crippen molar-refractivity contribution in [3.05, 3.63) is 94.0 Å². The van der Waals surface area contributed by atoms with Crippen molar-refractivity contribution in [2.75, 3.05) is 26.3 Å². The summed E-state index contributed by atoms with van der Waals surface area (Å²) in [6.07, 6.45) is 0.277. The van der Waals surface area contributed by atoms with Gasteiger partial charge < -0.3 is 14.2 Å². The smallest absolute Gasteiger partial charge is 0.280 e. The number of carbonyl (C=O) groups is 1. The van der Waals surface area contributed by atoms with Gasteiger partial charge in [0.05, 0.1) is 25.1 Å². The van der Waals surface area contributed by atoms with Crippen molar-refractivity contribution in [1.29, 1.82) is 0 Å². The summed E-state index contributed by atoms with van der Waals surface area (Å²) in [6, 6.07) is 19.9. The molecule has 1 N–H and O–H groups in total. The predicted molar refractivity (Wildman–Crippen MR) is 129 cm³/mol. The van der Waals surface area contributed by atoms with E-state index in [4.69, 9.17) is 14.2 Å². The molecule has 4 rings (SSSR count). The lowest BCUT2D eigenvalue weighted by atomic mass is 10.1. The third-order valence-corrected chi connectivity index (χ3v) is 5.34. The van der Waals surface area contributed by atoms with Crippen LogP contribution in [0.3, 0.4) is 0 Å². The van der Waals surface area contributed by atoms with Gasteiger partial charge in [-0.2, -0.15) is 0 Å². The average Bonchev–Trinajstić information content (AvgIpc) is 2.85. The van der Waals surface area contributed by atoms with Crippen molar-refractivity contribution in [3.63, 3.8) is 0 Å². The first-order chi connectivity index (χ1) is 16.5. The van der Waals surface area contributed by atoms with E-state index < -0.39 is 5.91 Å². The highest BCUT2D eigenvalue weighted by Crippen LogP contribution is 2.28. The first kappa shape index (κ1) is 22.8. The standard InChI is InChI=1S/C26H25N3O5/c1-17-8-4-7-11-21(17)34-16-25(30)28-29-24(27-20-10-6-5-9-19(20)26(29)31)15-18-12-13-22(32-2)23(14-18)33-3/h4-14H,15-16H2,1-3H3,(H,28,30). The van der Waals surface area contributed by atoms with Crippen molar-refractivity contribution in [2.45, 2.75) is 13.3 Å². The second-order valence-electron chi connectivity index (χ2n) is 7.64. The van der Waals surface area contributed by atoms with Gasteiger partial charge in [0.15, 0.2) is 18.1 Å². The van der Waals surface area contributed by atoms with Crippen LogP contribution >= 0.6 is 0 Å². The lowest BCUT2D eigenvalue weighted by Crippen LogP contribution is -2.38. The monoisotopic (exact) mass is 459 g/mol. The van der Waals surface area contributed by atoms with Crippen LogP contribution in [0.2, 0.25) is 0 Å². The summed E-state index contributed by atoms with van der Waals surface area (Å²) in [7, 11) is 3.12. The summed E-state index contributed by atoms with van der Waals surface area (Å²) in [6.45, 7) is 1.64. The van der Waals surface area contributed by atoms with E-state index in [0.29, 0.717) is 34.0 Å². The van der Waals surface area contributed by atoms with E-state index in [1.54, 1.807) is 44.6 Å². The molecule has 1 amide bonds. The van der Waals surface area contributed by atoms with Gasteiger partial charge in [0.1, 0.15) is 11.6 Å². The number of hydrogen-bond acceptors (Lipinski definition) is 6. The van der Waals surface area contributed by atoms with Gasteiger partial charge >= 0.3 is 0 Å². The Morgan fingerprint density at radius 3 is 2.44 bits per heavy atom. The molecule has 0 aliphatic heterocycles. The van der Waals surface area contributed by atoms with Crippen molar-refractivity contribution < 1.29 is 19.0 Å². The number of hydrogen-bond donors (Lipinski definition) is 1. The van der Waals surface area contributed by atoms with Crippen LogP contribution in [0.5, 0.6) is 17.2 Å². The lowest BCUT2D eigenvalue weighted by Gasteiger charge is -2.16. The number of benzene rings is 3. The van der Waals surface area contributed by atoms with Crippen molar-refractivity contribution in [2.24, 2.45) is 0 Å². The van der Waals surface area contributed by atoms with E-state index >= 15 is 0 Å². The molecule has 8 nitrogen and oxygen atoms in total. The van der Waals surface area contributed by atoms with E-state index in [1.807, 2.05) is 43.3 Å². The molecule has 1 heterocycles. The molecule has 1 aromatic heterocycles. The quantitative estimate of drug-likeness (QED) is 0.434. The van der Waals surface area contributed by atoms with Gasteiger partial charge in [0, 0.05) is 6.42 Å². The number of nitrogens with one attached hydrogen (secondary N) is 1. The highest BCUT2D eigenvalue weighted by Gasteiger charge is 2.16. The van der Waals surface area contributed by atoms with Crippen LogP contribution in [0.1, 0.15) is 17.0 Å². The van der Waals surface area contributed by atoms with Crippen molar-refractivity contribution >= 4 is 16.8 Å². The molecular weight excluding hydrogens is 434 g/mol. The maximum Gasteiger partial charge on any atom is 0.280 e. The van der Waals surface area contributed by atoms with Gasteiger partial charge in [-0.1, -0.05) is 36.4 Å². The molecule has 0 fully saturated rings. The van der Waals surface area contributed by atoms with Crippen molar-refractivity contribution in [1.82, 2.24) is 9.66 Å². The molecule has 8 heteroatoms. The Hall–Kier alpha value is -4.33. The zero-order chi connectivity index (χ0) is 24.1. The maximum absolute atomic E-state index is 13.2. The molecule has 174 valence electrons. The van der Waals surface area contributed by atoms with Gasteiger partial charge in [0.2, 0.25) is 0 Å². The van der Waals surface area contributed by atoms with Gasteiger partial charge in [0.25, 0.3) is 11.5 Å². The maximum atomic E-state index is 13.2. The summed E-state index contributed by atoms with van der Waals surface area (Å²) in [4.78, 5) is 30.6. The number of amides is 1. The van der Waals surface area contributed by atoms with Gasteiger partial charge in [-0.15, -0.1) is 0 Å². The molecule has 0 radical (unpaired) electrons. The minimum Gasteiger partial charge on any atom is -0.493 e. The van der Waals surface area contributed by atoms with E-state index in [0.717, 1.165) is 11.1 Å². The number of nitrogens with zero attached hydrogens (tertiary/aromatic N) is 2. The first-order valence-corrected chi connectivity index (χ1v) is 10.7. The average molecular weight is 460 g/mol. The molecule has 0 bridgehead atoms. The molecule has 3 aromatic carbocycles. The third kappa shape index (κ3) is 4.85. The molecule has 0 aliphatic carbocycles. The Morgan fingerprint density at radius 2 is 1.68 bits per heavy atom. The summed E-state index contributed by atoms with van der Waals surface area (Å²) in [5.41, 5.74) is 4.57. The van der Waals surface area contributed by atoms with Gasteiger partial charge in [-0.25, -0.2) is 9.66 Å². The second kappa shape index (κ2) is 10.1. The fourth-order valence-corrected chi connectivity index (χ4v) is 3.60. The number of para-hydroxylation sites is 2. The largest absolute Gasteiger partial charge is 0.493 e. The van der Waals surface area contributed by atoms with Gasteiger partial charge in [-0.05, 0) is 48.4 Å². The minimum atomic E-state index is -0.476. The van der Waals surface area contributed by atoms with Crippen LogP contribution in [-0.2, 0) is 11.2 Å². The van der Waals surface area contributed by atoms with Crippen LogP contribution in [-0.4, -0.2) is 36.4 Å². The lowest BCUT2D eigenvalue weighted by molar-refractivity contribution is -0.119. The third-order valence-electron chi connectivity index (χ3n) is 5.34. The Morgan fingerprint density at radius 1 is 0.941 bits per heavy atom. The topological polar surface area (TPSA) is 91.7 Å². The summed E-state index contributed by atoms with van der Waals surface area (Å²) < 4.78 is 17.5. The van der Waals surface area contributed by atoms with E-state index in [1.165, 1.54) is 4.68 Å². The number of rotatable bonds is 8. The summed E-state index contributed by atoms with van der Waals surface area (Å²) >= 11 is 0. The number of aromatic nitrogens is 2. The molecule has 34 heavy (non-hydrogen) atoms. The van der Waals surface area contributed by atoms with E-state index in [9.17, 15) is 9.59 Å². The molecule has 0 saturated carbocycles. The van der Waals surface area contributed by atoms with Crippen LogP contribution < -0.4 is 25.2 Å². The number of methoxy groups -OCH3 is 2. The zero-order valence-corrected chi connectivity index (χ0v) is 19.2. The fraction of sp³-hybridized carbons (Fsp3) is 0.192. The zero-order valence-electron chi connectivity index (χ0n) is 19.2. The minimum absolute atomic E-state index is 0.250. The molecule has 0 aliphatic rings. The van der Waals surface area contributed by atoms with Gasteiger partial charge in [-0.3, -0.25) is 15.0 Å². The number of carbonyl (C=O) groups excluding carboxylic acids is 1.